The molecule has 28 heavy (non-hydrogen) atoms. The molecule has 8 nitrogen and oxygen atoms in total. The van der Waals surface area contributed by atoms with Crippen LogP contribution in [-0.2, 0) is 19.7 Å². The third-order valence-corrected chi connectivity index (χ3v) is 5.18. The number of aromatic hydroxyl groups is 1. The van der Waals surface area contributed by atoms with Crippen LogP contribution in [0.15, 0.2) is 52.9 Å². The van der Waals surface area contributed by atoms with Gasteiger partial charge in [0.1, 0.15) is 16.2 Å². The van der Waals surface area contributed by atoms with Gasteiger partial charge in [-0.2, -0.15) is 8.42 Å². The summed E-state index contributed by atoms with van der Waals surface area (Å²) in [6.07, 6.45) is 1.12. The van der Waals surface area contributed by atoms with Gasteiger partial charge in [-0.05, 0) is 60.3 Å². The molecule has 1 aliphatic heterocycles. The number of amides is 2. The van der Waals surface area contributed by atoms with E-state index in [4.69, 9.17) is 28.4 Å². The maximum Gasteiger partial charge on any atom is 0.298 e. The Morgan fingerprint density at radius 1 is 1.11 bits per heavy atom. The van der Waals surface area contributed by atoms with Gasteiger partial charge in [0.05, 0.1) is 5.69 Å². The van der Waals surface area contributed by atoms with Crippen LogP contribution in [0.2, 0.25) is 5.02 Å². The number of benzene rings is 2. The number of nitrogens with zero attached hydrogens (tertiary/aromatic N) is 1. The molecule has 3 rings (SSSR count). The zero-order valence-corrected chi connectivity index (χ0v) is 16.2. The summed E-state index contributed by atoms with van der Waals surface area (Å²) in [4.78, 5) is 25.4. The number of carbonyl (C=O) groups is 2. The van der Waals surface area contributed by atoms with Crippen molar-refractivity contribution in [2.75, 3.05) is 4.90 Å². The highest BCUT2D eigenvalue weighted by Gasteiger charge is 2.34. The van der Waals surface area contributed by atoms with Crippen molar-refractivity contribution in [2.45, 2.75) is 4.90 Å². The summed E-state index contributed by atoms with van der Waals surface area (Å²) in [7, 11) is -4.70. The van der Waals surface area contributed by atoms with E-state index in [2.05, 4.69) is 5.32 Å². The predicted molar refractivity (Wildman–Crippen MR) is 106 cm³/mol. The summed E-state index contributed by atoms with van der Waals surface area (Å²) in [6.45, 7) is 0. The van der Waals surface area contributed by atoms with E-state index in [1.54, 1.807) is 24.3 Å². The fraction of sp³-hybridized carbons (Fsp3) is 0. The molecule has 0 unspecified atom stereocenters. The van der Waals surface area contributed by atoms with Crippen LogP contribution in [0.1, 0.15) is 5.56 Å². The molecule has 1 aliphatic rings. The van der Waals surface area contributed by atoms with Crippen LogP contribution < -0.4 is 10.2 Å². The smallest absolute Gasteiger partial charge is 0.298 e. The topological polar surface area (TPSA) is 124 Å². The molecule has 0 spiro atoms. The number of hydrogen-bond acceptors (Lipinski definition) is 6. The van der Waals surface area contributed by atoms with Gasteiger partial charge in [-0.25, -0.2) is 0 Å². The average Bonchev–Trinajstić information content (AvgIpc) is 2.60. The van der Waals surface area contributed by atoms with Crippen molar-refractivity contribution in [3.05, 3.63) is 58.6 Å². The first-order valence-electron chi connectivity index (χ1n) is 7.55. The second-order valence-corrected chi connectivity index (χ2v) is 7.85. The number of phenols is 1. The normalized spacial score (nSPS) is 16.4. The van der Waals surface area contributed by atoms with Gasteiger partial charge in [-0.1, -0.05) is 17.7 Å². The van der Waals surface area contributed by atoms with Crippen molar-refractivity contribution in [1.29, 1.82) is 0 Å². The van der Waals surface area contributed by atoms with E-state index in [0.717, 1.165) is 23.1 Å². The van der Waals surface area contributed by atoms with E-state index in [1.807, 2.05) is 0 Å². The van der Waals surface area contributed by atoms with Crippen LogP contribution in [-0.4, -0.2) is 35.0 Å². The monoisotopic (exact) mass is 438 g/mol. The molecule has 0 bridgehead atoms. The lowest BCUT2D eigenvalue weighted by molar-refractivity contribution is -0.122. The lowest BCUT2D eigenvalue weighted by atomic mass is 10.1. The Morgan fingerprint density at radius 2 is 1.75 bits per heavy atom. The molecule has 0 aliphatic carbocycles. The Morgan fingerprint density at radius 3 is 2.36 bits per heavy atom. The van der Waals surface area contributed by atoms with Gasteiger partial charge in [0.15, 0.2) is 5.11 Å². The average molecular weight is 439 g/mol. The molecular formula is C17H11ClN2O6S2. The largest absolute Gasteiger partial charge is 0.506 e. The predicted octanol–water partition coefficient (Wildman–Crippen LogP) is 2.12. The minimum atomic E-state index is -4.70. The third kappa shape index (κ3) is 3.90. The Hall–Kier alpha value is -2.79. The minimum Gasteiger partial charge on any atom is -0.506 e. The number of halogens is 1. The van der Waals surface area contributed by atoms with Crippen LogP contribution in [0.4, 0.5) is 5.69 Å². The summed E-state index contributed by atoms with van der Waals surface area (Å²) in [6, 6.07) is 9.39. The fourth-order valence-electron chi connectivity index (χ4n) is 2.48. The number of thiocarbonyl (C=S) groups is 1. The zero-order valence-electron chi connectivity index (χ0n) is 13.8. The number of anilines is 1. The highest BCUT2D eigenvalue weighted by molar-refractivity contribution is 7.86. The van der Waals surface area contributed by atoms with Gasteiger partial charge in [0.25, 0.3) is 21.9 Å². The molecule has 1 saturated heterocycles. The molecule has 144 valence electrons. The first-order valence-corrected chi connectivity index (χ1v) is 9.78. The first kappa shape index (κ1) is 20.0. The molecule has 2 amide bonds. The summed E-state index contributed by atoms with van der Waals surface area (Å²) in [5.41, 5.74) is 0.137. The molecule has 2 aromatic carbocycles. The Kier molecular flexibility index (Phi) is 5.22. The van der Waals surface area contributed by atoms with Crippen LogP contribution in [0.25, 0.3) is 6.08 Å². The second-order valence-electron chi connectivity index (χ2n) is 5.64. The van der Waals surface area contributed by atoms with Gasteiger partial charge in [0, 0.05) is 5.02 Å². The van der Waals surface area contributed by atoms with Crippen molar-refractivity contribution in [1.82, 2.24) is 5.32 Å². The zero-order chi connectivity index (χ0) is 20.6. The van der Waals surface area contributed by atoms with Gasteiger partial charge in [0.2, 0.25) is 0 Å². The number of rotatable bonds is 3. The van der Waals surface area contributed by atoms with E-state index in [9.17, 15) is 23.1 Å². The summed E-state index contributed by atoms with van der Waals surface area (Å²) < 4.78 is 31.8. The maximum absolute atomic E-state index is 12.8. The number of carbonyl (C=O) groups excluding carboxylic acids is 2. The Labute approximate surface area is 169 Å². The van der Waals surface area contributed by atoms with Crippen molar-refractivity contribution < 1.29 is 27.7 Å². The maximum atomic E-state index is 12.8. The molecule has 1 fully saturated rings. The third-order valence-electron chi connectivity index (χ3n) is 3.76. The quantitative estimate of drug-likeness (QED) is 0.290. The van der Waals surface area contributed by atoms with Crippen molar-refractivity contribution in [3.8, 4) is 5.75 Å². The lowest BCUT2D eigenvalue weighted by Gasteiger charge is -2.29. The summed E-state index contributed by atoms with van der Waals surface area (Å²) in [5.74, 6) is -2.19. The standard InChI is InChI=1S/C17H11ClN2O6S2/c18-10-2-4-11(5-3-10)20-16(23)12(15(22)19-17(20)27)7-9-1-6-13(21)14(8-9)28(24,25)26/h1-8,21H,(H,19,22,27)(H,24,25,26). The van der Waals surface area contributed by atoms with Crippen molar-refractivity contribution >= 4 is 62.6 Å². The van der Waals surface area contributed by atoms with Crippen LogP contribution in [0.5, 0.6) is 5.75 Å². The highest BCUT2D eigenvalue weighted by Crippen LogP contribution is 2.27. The molecule has 0 atom stereocenters. The van der Waals surface area contributed by atoms with Gasteiger partial charge >= 0.3 is 0 Å². The molecule has 0 radical (unpaired) electrons. The van der Waals surface area contributed by atoms with E-state index in [-0.39, 0.29) is 16.2 Å². The second kappa shape index (κ2) is 7.32. The van der Waals surface area contributed by atoms with E-state index < -0.39 is 32.6 Å². The molecule has 3 N–H and O–H groups in total. The van der Waals surface area contributed by atoms with Gasteiger partial charge in [-0.3, -0.25) is 24.4 Å². The summed E-state index contributed by atoms with van der Waals surface area (Å²) >= 11 is 10.9. The number of hydrogen-bond donors (Lipinski definition) is 3. The Bertz CT molecular complexity index is 1140. The van der Waals surface area contributed by atoms with Crippen LogP contribution >= 0.6 is 23.8 Å². The van der Waals surface area contributed by atoms with Crippen molar-refractivity contribution in [3.63, 3.8) is 0 Å². The van der Waals surface area contributed by atoms with E-state index >= 15 is 0 Å². The van der Waals surface area contributed by atoms with Gasteiger partial charge < -0.3 is 5.11 Å². The molecule has 11 heteroatoms. The molecule has 1 heterocycles. The van der Waals surface area contributed by atoms with E-state index in [0.29, 0.717) is 10.7 Å². The summed E-state index contributed by atoms with van der Waals surface area (Å²) in [5, 5.41) is 12.3. The van der Waals surface area contributed by atoms with Crippen LogP contribution in [0, 0.1) is 0 Å². The fourth-order valence-corrected chi connectivity index (χ4v) is 3.50. The SMILES string of the molecule is O=C1NC(=S)N(c2ccc(Cl)cc2)C(=O)C1=Cc1ccc(O)c(S(=O)(=O)O)c1. The lowest BCUT2D eigenvalue weighted by Crippen LogP contribution is -2.54. The number of nitrogens with one attached hydrogen (secondary N) is 1. The molecule has 0 aromatic heterocycles. The molecular weight excluding hydrogens is 428 g/mol. The van der Waals surface area contributed by atoms with E-state index in [1.165, 1.54) is 6.07 Å². The minimum absolute atomic E-state index is 0.0906. The van der Waals surface area contributed by atoms with Gasteiger partial charge in [-0.15, -0.1) is 0 Å². The molecule has 0 saturated carbocycles. The van der Waals surface area contributed by atoms with Crippen LogP contribution in [0.3, 0.4) is 0 Å². The highest BCUT2D eigenvalue weighted by atomic mass is 35.5. The first-order chi connectivity index (χ1) is 13.1. The Balaban J connectivity index is 2.06. The molecule has 2 aromatic rings. The number of phenolic OH excluding ortho intramolecular Hbond substituents is 1. The van der Waals surface area contributed by atoms with Crippen molar-refractivity contribution in [2.24, 2.45) is 0 Å².